The van der Waals surface area contributed by atoms with E-state index in [2.05, 4.69) is 11.8 Å². The molecule has 1 saturated heterocycles. The molecule has 6 nitrogen and oxygen atoms in total. The minimum Gasteiger partial charge on any atom is -0.408 e. The van der Waals surface area contributed by atoms with Crippen LogP contribution in [-0.4, -0.2) is 54.5 Å². The number of ether oxygens (including phenoxy) is 2. The first-order valence-corrected chi connectivity index (χ1v) is 11.3. The van der Waals surface area contributed by atoms with Gasteiger partial charge in [0.2, 0.25) is 0 Å². The van der Waals surface area contributed by atoms with Crippen molar-refractivity contribution in [2.24, 2.45) is 0 Å². The van der Waals surface area contributed by atoms with Crippen LogP contribution in [0.3, 0.4) is 0 Å². The van der Waals surface area contributed by atoms with Crippen molar-refractivity contribution in [2.45, 2.75) is 69.3 Å². The van der Waals surface area contributed by atoms with Crippen LogP contribution in [0.4, 0.5) is 13.2 Å². The first kappa shape index (κ1) is 23.3. The number of aromatic nitrogens is 1. The van der Waals surface area contributed by atoms with E-state index in [1.165, 1.54) is 10.6 Å². The van der Waals surface area contributed by atoms with Crippen LogP contribution in [-0.2, 0) is 15.7 Å². The molecule has 2 aliphatic rings. The van der Waals surface area contributed by atoms with E-state index in [0.717, 1.165) is 50.9 Å². The molecule has 1 aromatic heterocycles. The molecule has 1 saturated carbocycles. The van der Waals surface area contributed by atoms with Gasteiger partial charge in [-0.1, -0.05) is 0 Å². The van der Waals surface area contributed by atoms with Gasteiger partial charge in [-0.15, -0.1) is 0 Å². The van der Waals surface area contributed by atoms with Crippen LogP contribution in [0.15, 0.2) is 27.4 Å². The summed E-state index contributed by atoms with van der Waals surface area (Å²) >= 11 is 0. The largest absolute Gasteiger partial charge is 0.420 e. The Morgan fingerprint density at radius 3 is 2.44 bits per heavy atom. The number of fused-ring (bicyclic) bond motifs is 1. The summed E-state index contributed by atoms with van der Waals surface area (Å²) in [5.74, 6) is -0.585. The van der Waals surface area contributed by atoms with Gasteiger partial charge in [0.25, 0.3) is 0 Å². The van der Waals surface area contributed by atoms with Crippen molar-refractivity contribution < 1.29 is 27.1 Å². The summed E-state index contributed by atoms with van der Waals surface area (Å²) < 4.78 is 57.1. The second-order valence-electron chi connectivity index (χ2n) is 9.20. The minimum absolute atomic E-state index is 0.0823. The third-order valence-corrected chi connectivity index (χ3v) is 7.18. The monoisotopic (exact) mass is 456 g/mol. The van der Waals surface area contributed by atoms with Crippen molar-refractivity contribution in [3.05, 3.63) is 34.3 Å². The Kier molecular flexibility index (Phi) is 6.70. The fourth-order valence-electron chi connectivity index (χ4n) is 5.21. The molecule has 0 N–H and O–H groups in total. The Morgan fingerprint density at radius 1 is 1.12 bits per heavy atom. The number of hydrogen-bond acceptors (Lipinski definition) is 5. The van der Waals surface area contributed by atoms with Gasteiger partial charge in [-0.2, -0.15) is 13.2 Å². The van der Waals surface area contributed by atoms with Gasteiger partial charge in [0, 0.05) is 31.8 Å². The number of nitrogens with zero attached hydrogens (tertiary/aromatic N) is 2. The van der Waals surface area contributed by atoms with Crippen LogP contribution in [0, 0.1) is 0 Å². The van der Waals surface area contributed by atoms with Crippen molar-refractivity contribution in [1.29, 1.82) is 0 Å². The van der Waals surface area contributed by atoms with Crippen LogP contribution in [0.1, 0.15) is 57.1 Å². The van der Waals surface area contributed by atoms with Crippen LogP contribution in [0.2, 0.25) is 0 Å². The Morgan fingerprint density at radius 2 is 1.81 bits per heavy atom. The predicted octanol–water partition coefficient (Wildman–Crippen LogP) is 4.61. The first-order chi connectivity index (χ1) is 15.2. The molecule has 0 bridgehead atoms. The summed E-state index contributed by atoms with van der Waals surface area (Å²) in [5, 5.41) is 0. The second kappa shape index (κ2) is 9.19. The lowest BCUT2D eigenvalue weighted by Crippen LogP contribution is -2.53. The number of halogens is 3. The lowest BCUT2D eigenvalue weighted by molar-refractivity contribution is -0.137. The number of likely N-dealkylation sites (tertiary alicyclic amines) is 1. The third kappa shape index (κ3) is 4.75. The van der Waals surface area contributed by atoms with Crippen molar-refractivity contribution in [1.82, 2.24) is 9.47 Å². The summed E-state index contributed by atoms with van der Waals surface area (Å²) in [5.41, 5.74) is -0.264. The summed E-state index contributed by atoms with van der Waals surface area (Å²) in [4.78, 5) is 14.9. The number of benzene rings is 1. The SMILES string of the molecule is COCCO[C@H]1CC[C@](C)(N2CCC(n3c(=O)oc4ccc(C(F)(F)F)cc43)CC2)CC1. The number of piperidine rings is 1. The van der Waals surface area contributed by atoms with E-state index in [0.29, 0.717) is 26.1 Å². The molecular weight excluding hydrogens is 425 g/mol. The second-order valence-corrected chi connectivity index (χ2v) is 9.20. The molecule has 32 heavy (non-hydrogen) atoms. The normalized spacial score (nSPS) is 26.1. The Labute approximate surface area is 185 Å². The van der Waals surface area contributed by atoms with Crippen molar-refractivity contribution >= 4 is 11.1 Å². The van der Waals surface area contributed by atoms with Gasteiger partial charge >= 0.3 is 11.9 Å². The lowest BCUT2D eigenvalue weighted by Gasteiger charge is -2.48. The molecule has 2 heterocycles. The lowest BCUT2D eigenvalue weighted by atomic mass is 9.79. The van der Waals surface area contributed by atoms with E-state index < -0.39 is 17.5 Å². The molecule has 1 aliphatic carbocycles. The quantitative estimate of drug-likeness (QED) is 0.594. The highest BCUT2D eigenvalue weighted by atomic mass is 19.4. The van der Waals surface area contributed by atoms with Gasteiger partial charge in [0.1, 0.15) is 0 Å². The Hall–Kier alpha value is -1.84. The van der Waals surface area contributed by atoms with Gasteiger partial charge in [0.05, 0.1) is 30.4 Å². The van der Waals surface area contributed by atoms with Gasteiger partial charge in [0.15, 0.2) is 5.58 Å². The van der Waals surface area contributed by atoms with E-state index in [4.69, 9.17) is 13.9 Å². The number of hydrogen-bond donors (Lipinski definition) is 0. The van der Waals surface area contributed by atoms with Gasteiger partial charge < -0.3 is 13.9 Å². The maximum Gasteiger partial charge on any atom is 0.420 e. The molecule has 0 radical (unpaired) electrons. The van der Waals surface area contributed by atoms with E-state index >= 15 is 0 Å². The highest BCUT2D eigenvalue weighted by Crippen LogP contribution is 2.38. The molecule has 178 valence electrons. The molecule has 2 aromatic rings. The molecule has 0 atom stereocenters. The molecular formula is C23H31F3N2O4. The molecule has 9 heteroatoms. The molecule has 2 fully saturated rings. The number of oxazole rings is 1. The van der Waals surface area contributed by atoms with E-state index in [-0.39, 0.29) is 28.8 Å². The average Bonchev–Trinajstić information content (AvgIpc) is 3.10. The van der Waals surface area contributed by atoms with E-state index in [1.54, 1.807) is 7.11 Å². The smallest absolute Gasteiger partial charge is 0.408 e. The first-order valence-electron chi connectivity index (χ1n) is 11.3. The molecule has 1 aliphatic heterocycles. The summed E-state index contributed by atoms with van der Waals surface area (Å²) in [6.07, 6.45) is 1.31. The van der Waals surface area contributed by atoms with E-state index in [9.17, 15) is 18.0 Å². The van der Waals surface area contributed by atoms with Crippen LogP contribution in [0.25, 0.3) is 11.1 Å². The van der Waals surface area contributed by atoms with Crippen molar-refractivity contribution in [2.75, 3.05) is 33.4 Å². The fraction of sp³-hybridized carbons (Fsp3) is 0.696. The van der Waals surface area contributed by atoms with Crippen molar-refractivity contribution in [3.8, 4) is 0 Å². The number of methoxy groups -OCH3 is 1. The zero-order valence-electron chi connectivity index (χ0n) is 18.6. The maximum atomic E-state index is 13.2. The molecule has 0 unspecified atom stereocenters. The zero-order chi connectivity index (χ0) is 22.9. The highest BCUT2D eigenvalue weighted by molar-refractivity contribution is 5.74. The summed E-state index contributed by atoms with van der Waals surface area (Å²) in [7, 11) is 1.67. The van der Waals surface area contributed by atoms with Crippen LogP contribution < -0.4 is 5.76 Å². The van der Waals surface area contributed by atoms with Crippen LogP contribution >= 0.6 is 0 Å². The highest BCUT2D eigenvalue weighted by Gasteiger charge is 2.39. The third-order valence-electron chi connectivity index (χ3n) is 7.18. The predicted molar refractivity (Wildman–Crippen MR) is 114 cm³/mol. The van der Waals surface area contributed by atoms with Gasteiger partial charge in [-0.05, 0) is 63.6 Å². The number of alkyl halides is 3. The summed E-state index contributed by atoms with van der Waals surface area (Å²) in [6.45, 7) is 5.11. The Balaban J connectivity index is 1.41. The maximum absolute atomic E-state index is 13.2. The van der Waals surface area contributed by atoms with Gasteiger partial charge in [-0.25, -0.2) is 4.79 Å². The minimum atomic E-state index is -4.46. The van der Waals surface area contributed by atoms with Crippen molar-refractivity contribution in [3.63, 3.8) is 0 Å². The van der Waals surface area contributed by atoms with E-state index in [1.807, 2.05) is 0 Å². The number of rotatable bonds is 6. The zero-order valence-corrected chi connectivity index (χ0v) is 18.6. The average molecular weight is 457 g/mol. The molecule has 1 aromatic carbocycles. The molecule has 4 rings (SSSR count). The standard InChI is InChI=1S/C23H31F3N2O4/c1-22(9-5-18(6-10-22)31-14-13-30-2)27-11-7-17(8-12-27)28-19-15-16(23(24,25)26)3-4-20(19)32-21(28)29/h3-4,15,17-18H,5-14H2,1-2H3/t18-,22-. The topological polar surface area (TPSA) is 56.8 Å². The van der Waals surface area contributed by atoms with Gasteiger partial charge in [-0.3, -0.25) is 9.47 Å². The molecule has 0 spiro atoms. The fourth-order valence-corrected chi connectivity index (χ4v) is 5.21. The summed E-state index contributed by atoms with van der Waals surface area (Å²) in [6, 6.07) is 3.05. The van der Waals surface area contributed by atoms with Crippen LogP contribution in [0.5, 0.6) is 0 Å². The molecule has 0 amide bonds. The Bertz CT molecular complexity index is 968.